The summed E-state index contributed by atoms with van der Waals surface area (Å²) in [6.45, 7) is 3.61. The van der Waals surface area contributed by atoms with Gasteiger partial charge in [0.25, 0.3) is 0 Å². The Balaban J connectivity index is 0.0000000978. The molecule has 9 fully saturated rings. The molecule has 9 aliphatic carbocycles. The summed E-state index contributed by atoms with van der Waals surface area (Å²) >= 11 is 0. The van der Waals surface area contributed by atoms with Crippen molar-refractivity contribution in [2.75, 3.05) is 26.2 Å². The molecule has 3 aromatic carbocycles. The molecular formula is C63H76N3O13+. The van der Waals surface area contributed by atoms with Gasteiger partial charge in [0, 0.05) is 72.8 Å². The number of carbonyl (C=O) groups excluding carboxylic acids is 3. The van der Waals surface area contributed by atoms with Crippen molar-refractivity contribution in [1.82, 2.24) is 10.2 Å². The van der Waals surface area contributed by atoms with E-state index in [0.29, 0.717) is 86.9 Å². The zero-order chi connectivity index (χ0) is 54.2. The fourth-order valence-corrected chi connectivity index (χ4v) is 19.0. The van der Waals surface area contributed by atoms with Gasteiger partial charge in [0.1, 0.15) is 30.8 Å². The van der Waals surface area contributed by atoms with Crippen LogP contribution in [0, 0.1) is 17.8 Å². The van der Waals surface area contributed by atoms with Gasteiger partial charge in [0.2, 0.25) is 0 Å². The number of phenols is 3. The fraction of sp³-hybridized carbons (Fsp3) is 0.651. The second-order valence-corrected chi connectivity index (χ2v) is 26.7. The number of Topliss-reactive ketones (excluding diaryl/α,β-unsaturated/α-hetero) is 2. The zero-order valence-electron chi connectivity index (χ0n) is 45.0. The Hall–Kier alpha value is -5.10. The zero-order valence-corrected chi connectivity index (χ0v) is 45.0. The van der Waals surface area contributed by atoms with Gasteiger partial charge in [-0.05, 0) is 144 Å². The van der Waals surface area contributed by atoms with E-state index in [-0.39, 0.29) is 46.9 Å². The molecule has 79 heavy (non-hydrogen) atoms. The van der Waals surface area contributed by atoms with Gasteiger partial charge in [-0.2, -0.15) is 0 Å². The van der Waals surface area contributed by atoms with Gasteiger partial charge in [-0.15, -0.1) is 0 Å². The van der Waals surface area contributed by atoms with Crippen molar-refractivity contribution in [3.05, 3.63) is 69.8 Å². The van der Waals surface area contributed by atoms with Crippen molar-refractivity contribution in [3.8, 4) is 34.5 Å². The average Bonchev–Trinajstić information content (AvgIpc) is 2.52. The molecule has 3 saturated heterocycles. The van der Waals surface area contributed by atoms with Crippen LogP contribution in [0.2, 0.25) is 0 Å². The summed E-state index contributed by atoms with van der Waals surface area (Å²) in [4.78, 5) is 37.5. The normalized spacial score (nSPS) is 41.0. The first kappa shape index (κ1) is 50.8. The van der Waals surface area contributed by atoms with E-state index in [1.54, 1.807) is 18.2 Å². The van der Waals surface area contributed by atoms with Crippen LogP contribution in [-0.2, 0) is 49.9 Å². The Morgan fingerprint density at radius 1 is 0.620 bits per heavy atom. The van der Waals surface area contributed by atoms with Crippen LogP contribution in [0.4, 0.5) is 0 Å². The highest BCUT2D eigenvalue weighted by Gasteiger charge is 2.77. The number of nitrogens with zero attached hydrogens (tertiary/aromatic N) is 2. The van der Waals surface area contributed by atoms with Crippen LogP contribution in [0.1, 0.15) is 149 Å². The molecule has 6 aliphatic heterocycles. The average molecular weight is 1080 g/mol. The second kappa shape index (κ2) is 17.7. The Morgan fingerprint density at radius 3 is 1.77 bits per heavy atom. The number of hydrogen-bond acceptors (Lipinski definition) is 15. The van der Waals surface area contributed by atoms with Crippen LogP contribution in [0.3, 0.4) is 0 Å². The molecule has 0 unspecified atom stereocenters. The number of carbonyl (C=O) groups is 3. The molecule has 8 N–H and O–H groups in total. The minimum absolute atomic E-state index is 0.0148. The molecule has 0 aromatic heterocycles. The molecule has 16 nitrogen and oxygen atoms in total. The predicted molar refractivity (Wildman–Crippen MR) is 286 cm³/mol. The van der Waals surface area contributed by atoms with Crippen molar-refractivity contribution in [2.45, 2.75) is 210 Å². The van der Waals surface area contributed by atoms with Crippen LogP contribution in [0.5, 0.6) is 34.5 Å². The summed E-state index contributed by atoms with van der Waals surface area (Å²) < 4.78 is 20.5. The van der Waals surface area contributed by atoms with E-state index in [0.717, 1.165) is 98.3 Å². The third kappa shape index (κ3) is 6.59. The molecule has 0 amide bonds. The van der Waals surface area contributed by atoms with Crippen LogP contribution >= 0.6 is 0 Å². The minimum Gasteiger partial charge on any atom is -0.504 e. The van der Waals surface area contributed by atoms with Gasteiger partial charge in [-0.3, -0.25) is 14.5 Å². The largest absolute Gasteiger partial charge is 0.504 e. The fourth-order valence-electron chi connectivity index (χ4n) is 19.0. The number of aldehydes is 1. The molecule has 6 saturated carbocycles. The summed E-state index contributed by atoms with van der Waals surface area (Å²) in [5.41, 5.74) is 1.41. The molecule has 16 heteroatoms. The number of ether oxygens (including phenoxy) is 3. The first-order valence-electron chi connectivity index (χ1n) is 30.1. The van der Waals surface area contributed by atoms with Gasteiger partial charge in [-0.1, -0.05) is 37.5 Å². The molecule has 6 bridgehead atoms. The van der Waals surface area contributed by atoms with E-state index in [1.165, 1.54) is 50.5 Å². The van der Waals surface area contributed by atoms with E-state index in [1.807, 2.05) is 18.2 Å². The number of aromatic hydroxyl groups is 3. The molecule has 15 aliphatic rings. The molecule has 6 heterocycles. The number of benzene rings is 3. The molecule has 420 valence electrons. The summed E-state index contributed by atoms with van der Waals surface area (Å²) in [6.07, 6.45) is 19.6. The lowest BCUT2D eigenvalue weighted by Gasteiger charge is -2.64. The maximum atomic E-state index is 12.7. The summed E-state index contributed by atoms with van der Waals surface area (Å²) in [7, 11) is 0. The van der Waals surface area contributed by atoms with Gasteiger partial charge in [0.15, 0.2) is 64.3 Å². The number of piperidine rings is 3. The summed E-state index contributed by atoms with van der Waals surface area (Å²) in [5, 5.41) is 80.6. The highest BCUT2D eigenvalue weighted by Crippen LogP contribution is 2.68. The van der Waals surface area contributed by atoms with Gasteiger partial charge < -0.3 is 60.1 Å². The molecule has 0 radical (unpaired) electrons. The van der Waals surface area contributed by atoms with E-state index < -0.39 is 57.5 Å². The topological polar surface area (TPSA) is 239 Å². The molecule has 3 spiro atoms. The summed E-state index contributed by atoms with van der Waals surface area (Å²) in [6, 6.07) is 10.9. The van der Waals surface area contributed by atoms with Gasteiger partial charge in [0.05, 0.1) is 33.6 Å². The predicted octanol–water partition coefficient (Wildman–Crippen LogP) is 4.79. The number of aliphatic hydroxyl groups excluding tert-OH is 1. The number of ketones is 2. The maximum absolute atomic E-state index is 12.7. The van der Waals surface area contributed by atoms with Crippen molar-refractivity contribution in [1.29, 1.82) is 0 Å². The van der Waals surface area contributed by atoms with E-state index in [4.69, 9.17) is 14.2 Å². The first-order valence-corrected chi connectivity index (χ1v) is 30.1. The molecule has 13 atom stereocenters. The van der Waals surface area contributed by atoms with Crippen molar-refractivity contribution < 1.29 is 68.9 Å². The van der Waals surface area contributed by atoms with Crippen LogP contribution in [-0.4, -0.2) is 155 Å². The smallest absolute Gasteiger partial charge is 0.185 e. The standard InChI is InChI=1S/C21H27NO4.C21H23NO4.C16H17NO4.C5H8O/c2*23-14-5-4-13-10-16-21(25)7-6-15(24)19-20(21,17(13)18(14)26-19)8-9-22(16)11-12-2-1-3-12;18-9-2-1-8-7-11-16(20)4-3-10(19)14-15(16,5-6-17-11)12(8)13(9)21-14;6-4-5-2-1-3-5/h4-5,12,15-16,19,23-25H,1-3,6-11H2;4-5,11-12,16,19,25H,1-3,6-10H2;1-2,11,14,17-18,20H,3-7H2;4-5H,1-3H2/p+1/t15-,16+,19-,20-,21+;16-,19+,20+,21-;11-,14+,15+,16-;/m011./s1. The number of nitrogens with one attached hydrogen (secondary N) is 1. The maximum Gasteiger partial charge on any atom is 0.185 e. The Bertz CT molecular complexity index is 3120. The van der Waals surface area contributed by atoms with Crippen LogP contribution in [0.15, 0.2) is 36.4 Å². The summed E-state index contributed by atoms with van der Waals surface area (Å²) in [5.74, 6) is 3.62. The van der Waals surface area contributed by atoms with Gasteiger partial charge in [-0.25, -0.2) is 4.58 Å². The lowest BCUT2D eigenvalue weighted by atomic mass is 9.48. The lowest BCUT2D eigenvalue weighted by molar-refractivity contribution is -0.607. The number of rotatable bonds is 4. The number of aliphatic hydroxyl groups is 4. The molecular weight excluding hydrogens is 1010 g/mol. The van der Waals surface area contributed by atoms with E-state index >= 15 is 0 Å². The Labute approximate surface area is 460 Å². The van der Waals surface area contributed by atoms with Crippen LogP contribution < -0.4 is 19.5 Å². The van der Waals surface area contributed by atoms with Gasteiger partial charge >= 0.3 is 0 Å². The molecule has 3 aromatic rings. The van der Waals surface area contributed by atoms with Crippen molar-refractivity contribution in [2.24, 2.45) is 17.8 Å². The number of likely N-dealkylation sites (tertiary alicyclic amines) is 1. The highest BCUT2D eigenvalue weighted by atomic mass is 16.5. The second-order valence-electron chi connectivity index (χ2n) is 26.7. The third-order valence-electron chi connectivity index (χ3n) is 23.5. The highest BCUT2D eigenvalue weighted by molar-refractivity contribution is 5.91. The lowest BCUT2D eigenvalue weighted by Crippen LogP contribution is -2.77. The Morgan fingerprint density at radius 2 is 1.19 bits per heavy atom. The van der Waals surface area contributed by atoms with E-state index in [9.17, 15) is 50.1 Å². The Kier molecular flexibility index (Phi) is 11.4. The molecule has 18 rings (SSSR count). The minimum atomic E-state index is -0.976. The SMILES string of the molecule is O=C1CC[C@@]2(O)[C@H]3Cc4ccc(O)c5c4[C@@]2(CCN3)[C@H]1O5.O=C1CC[C@@]2(O)[C@H]3Cc4ccc(O)c5c4[C@@]2(CC[N+]3=CC2CCC2)[C@H]1O5.O=CC1CCC1.Oc1ccc2c3c1O[C@H]1[C@@H](O)CC[C@@]4(O)[C@@H](C2)N(CC2CCC2)CC[C@]314. The monoisotopic (exact) mass is 1080 g/mol. The quantitative estimate of drug-likeness (QED) is 0.130. The number of hydrogen-bond donors (Lipinski definition) is 8. The van der Waals surface area contributed by atoms with Crippen LogP contribution in [0.25, 0.3) is 0 Å². The van der Waals surface area contributed by atoms with Crippen molar-refractivity contribution in [3.63, 3.8) is 0 Å². The van der Waals surface area contributed by atoms with Crippen molar-refractivity contribution >= 4 is 24.1 Å². The third-order valence-corrected chi connectivity index (χ3v) is 23.5. The number of phenolic OH excluding ortho intramolecular Hbond substituents is 3. The van der Waals surface area contributed by atoms with E-state index in [2.05, 4.69) is 21.0 Å². The first-order chi connectivity index (χ1) is 38.1.